The van der Waals surface area contributed by atoms with E-state index in [1.165, 1.54) is 24.3 Å². The third-order valence-corrected chi connectivity index (χ3v) is 3.07. The highest BCUT2D eigenvalue weighted by molar-refractivity contribution is 5.35. The van der Waals surface area contributed by atoms with Crippen molar-refractivity contribution in [1.82, 2.24) is 5.32 Å². The Hall–Kier alpha value is -2.01. The lowest BCUT2D eigenvalue weighted by Crippen LogP contribution is -2.19. The minimum absolute atomic E-state index is 0.162. The number of nitrogens with one attached hydrogen (secondary N) is 1. The van der Waals surface area contributed by atoms with Crippen LogP contribution < -0.4 is 5.32 Å². The monoisotopic (exact) mass is 281 g/mol. The van der Waals surface area contributed by atoms with E-state index in [0.717, 1.165) is 12.1 Å². The van der Waals surface area contributed by atoms with Crippen molar-refractivity contribution in [3.63, 3.8) is 0 Å². The van der Waals surface area contributed by atoms with E-state index in [0.29, 0.717) is 11.1 Å². The maximum Gasteiger partial charge on any atom is 0.130 e. The lowest BCUT2D eigenvalue weighted by molar-refractivity contribution is 0.445. The number of halogens is 3. The van der Waals surface area contributed by atoms with E-state index >= 15 is 0 Å². The van der Waals surface area contributed by atoms with Gasteiger partial charge in [0.1, 0.15) is 23.2 Å². The van der Waals surface area contributed by atoms with E-state index < -0.39 is 17.5 Å². The van der Waals surface area contributed by atoms with Gasteiger partial charge in [-0.25, -0.2) is 13.2 Å². The third-order valence-electron chi connectivity index (χ3n) is 3.07. The first-order chi connectivity index (χ1) is 9.47. The van der Waals surface area contributed by atoms with E-state index in [1.54, 1.807) is 6.92 Å². The Labute approximate surface area is 114 Å². The van der Waals surface area contributed by atoms with Gasteiger partial charge in [0.25, 0.3) is 0 Å². The lowest BCUT2D eigenvalue weighted by Gasteiger charge is -2.16. The zero-order chi connectivity index (χ0) is 14.7. The van der Waals surface area contributed by atoms with Gasteiger partial charge in [0.15, 0.2) is 0 Å². The van der Waals surface area contributed by atoms with Gasteiger partial charge >= 0.3 is 0 Å². The first-order valence-electron chi connectivity index (χ1n) is 6.13. The highest BCUT2D eigenvalue weighted by atomic mass is 19.1. The molecule has 2 aromatic carbocycles. The van der Waals surface area contributed by atoms with Gasteiger partial charge in [-0.05, 0) is 19.1 Å². The molecule has 0 radical (unpaired) electrons. The maximum atomic E-state index is 13.5. The van der Waals surface area contributed by atoms with Crippen LogP contribution >= 0.6 is 0 Å². The first kappa shape index (κ1) is 14.4. The molecule has 5 heteroatoms. The number of benzene rings is 2. The number of rotatable bonds is 4. The van der Waals surface area contributed by atoms with E-state index in [1.807, 2.05) is 0 Å². The van der Waals surface area contributed by atoms with Crippen LogP contribution in [0.25, 0.3) is 0 Å². The van der Waals surface area contributed by atoms with Crippen LogP contribution in [0.15, 0.2) is 36.4 Å². The fourth-order valence-corrected chi connectivity index (χ4v) is 1.92. The number of aromatic hydroxyl groups is 1. The van der Waals surface area contributed by atoms with Crippen molar-refractivity contribution in [2.24, 2.45) is 0 Å². The second-order valence-corrected chi connectivity index (χ2v) is 4.54. The van der Waals surface area contributed by atoms with Crippen molar-refractivity contribution in [1.29, 1.82) is 0 Å². The smallest absolute Gasteiger partial charge is 0.130 e. The molecule has 0 saturated heterocycles. The summed E-state index contributed by atoms with van der Waals surface area (Å²) in [6.07, 6.45) is 0. The van der Waals surface area contributed by atoms with Crippen LogP contribution in [0, 0.1) is 17.5 Å². The highest BCUT2D eigenvalue weighted by Crippen LogP contribution is 2.25. The number of phenols is 1. The van der Waals surface area contributed by atoms with Crippen molar-refractivity contribution in [2.75, 3.05) is 0 Å². The Morgan fingerprint density at radius 1 is 1.05 bits per heavy atom. The Balaban J connectivity index is 2.06. The van der Waals surface area contributed by atoms with Crippen LogP contribution in [-0.4, -0.2) is 5.11 Å². The molecule has 0 fully saturated rings. The molecule has 0 heterocycles. The number of hydrogen-bond donors (Lipinski definition) is 2. The van der Waals surface area contributed by atoms with Crippen molar-refractivity contribution in [2.45, 2.75) is 19.5 Å². The molecule has 20 heavy (non-hydrogen) atoms. The van der Waals surface area contributed by atoms with E-state index in [-0.39, 0.29) is 18.3 Å². The SMILES string of the molecule is CC(NCc1ccc(F)cc1F)c1ccc(F)cc1O. The summed E-state index contributed by atoms with van der Waals surface area (Å²) in [5.74, 6) is -1.95. The average Bonchev–Trinajstić information content (AvgIpc) is 2.37. The molecule has 2 N–H and O–H groups in total. The second kappa shape index (κ2) is 5.96. The molecule has 2 rings (SSSR count). The van der Waals surface area contributed by atoms with E-state index in [4.69, 9.17) is 0 Å². The van der Waals surface area contributed by atoms with Gasteiger partial charge < -0.3 is 10.4 Å². The summed E-state index contributed by atoms with van der Waals surface area (Å²) in [5.41, 5.74) is 0.828. The molecule has 1 atom stereocenters. The first-order valence-corrected chi connectivity index (χ1v) is 6.13. The quantitative estimate of drug-likeness (QED) is 0.896. The van der Waals surface area contributed by atoms with Crippen molar-refractivity contribution < 1.29 is 18.3 Å². The van der Waals surface area contributed by atoms with Crippen LogP contribution in [-0.2, 0) is 6.54 Å². The Morgan fingerprint density at radius 2 is 1.70 bits per heavy atom. The molecule has 0 amide bonds. The Bertz CT molecular complexity index is 616. The van der Waals surface area contributed by atoms with Gasteiger partial charge in [-0.3, -0.25) is 0 Å². The zero-order valence-electron chi connectivity index (χ0n) is 10.8. The van der Waals surface area contributed by atoms with Crippen LogP contribution in [0.1, 0.15) is 24.1 Å². The summed E-state index contributed by atoms with van der Waals surface area (Å²) in [7, 11) is 0. The van der Waals surface area contributed by atoms with Gasteiger partial charge in [-0.15, -0.1) is 0 Å². The van der Waals surface area contributed by atoms with Crippen LogP contribution in [0.4, 0.5) is 13.2 Å². The average molecular weight is 281 g/mol. The molecule has 0 aliphatic heterocycles. The molecular weight excluding hydrogens is 267 g/mol. The van der Waals surface area contributed by atoms with Gasteiger partial charge in [0.2, 0.25) is 0 Å². The number of hydrogen-bond acceptors (Lipinski definition) is 2. The highest BCUT2D eigenvalue weighted by Gasteiger charge is 2.12. The largest absolute Gasteiger partial charge is 0.508 e. The number of phenolic OH excluding ortho intramolecular Hbond substituents is 1. The predicted molar refractivity (Wildman–Crippen MR) is 69.7 cm³/mol. The Kier molecular flexibility index (Phi) is 4.29. The summed E-state index contributed by atoms with van der Waals surface area (Å²) in [5, 5.41) is 12.6. The minimum atomic E-state index is -0.631. The van der Waals surface area contributed by atoms with Crippen LogP contribution in [0.5, 0.6) is 5.75 Å². The molecule has 0 aromatic heterocycles. The van der Waals surface area contributed by atoms with Crippen molar-refractivity contribution >= 4 is 0 Å². The third kappa shape index (κ3) is 3.30. The normalized spacial score (nSPS) is 12.4. The maximum absolute atomic E-state index is 13.5. The lowest BCUT2D eigenvalue weighted by atomic mass is 10.1. The molecule has 0 spiro atoms. The molecule has 0 saturated carbocycles. The standard InChI is InChI=1S/C15H14F3NO/c1-9(13-5-4-12(17)7-15(13)20)19-8-10-2-3-11(16)6-14(10)18/h2-7,9,19-20H,8H2,1H3. The zero-order valence-corrected chi connectivity index (χ0v) is 10.8. The molecule has 0 aliphatic rings. The van der Waals surface area contributed by atoms with E-state index in [9.17, 15) is 18.3 Å². The van der Waals surface area contributed by atoms with Crippen molar-refractivity contribution in [3.8, 4) is 5.75 Å². The molecule has 0 bridgehead atoms. The molecule has 0 aliphatic carbocycles. The Morgan fingerprint density at radius 3 is 2.35 bits per heavy atom. The summed E-state index contributed by atoms with van der Waals surface area (Å²) in [4.78, 5) is 0. The molecule has 2 aromatic rings. The van der Waals surface area contributed by atoms with Crippen LogP contribution in [0.3, 0.4) is 0 Å². The van der Waals surface area contributed by atoms with Gasteiger partial charge in [-0.1, -0.05) is 12.1 Å². The summed E-state index contributed by atoms with van der Waals surface area (Å²) < 4.78 is 39.1. The van der Waals surface area contributed by atoms with Gasteiger partial charge in [-0.2, -0.15) is 0 Å². The van der Waals surface area contributed by atoms with Gasteiger partial charge in [0, 0.05) is 35.8 Å². The fraction of sp³-hybridized carbons (Fsp3) is 0.200. The molecule has 2 nitrogen and oxygen atoms in total. The van der Waals surface area contributed by atoms with Gasteiger partial charge in [0.05, 0.1) is 0 Å². The van der Waals surface area contributed by atoms with Crippen LogP contribution in [0.2, 0.25) is 0 Å². The topological polar surface area (TPSA) is 32.3 Å². The minimum Gasteiger partial charge on any atom is -0.508 e. The summed E-state index contributed by atoms with van der Waals surface area (Å²) in [6, 6.07) is 6.77. The van der Waals surface area contributed by atoms with E-state index in [2.05, 4.69) is 5.32 Å². The van der Waals surface area contributed by atoms with Crippen molar-refractivity contribution in [3.05, 3.63) is 65.0 Å². The molecular formula is C15H14F3NO. The summed E-state index contributed by atoms with van der Waals surface area (Å²) >= 11 is 0. The second-order valence-electron chi connectivity index (χ2n) is 4.54. The molecule has 1 unspecified atom stereocenters. The fourth-order valence-electron chi connectivity index (χ4n) is 1.92. The predicted octanol–water partition coefficient (Wildman–Crippen LogP) is 3.66. The molecule has 106 valence electrons. The summed E-state index contributed by atoms with van der Waals surface area (Å²) in [6.45, 7) is 1.93.